The summed E-state index contributed by atoms with van der Waals surface area (Å²) < 4.78 is 0. The third-order valence-electron chi connectivity index (χ3n) is 1.43. The molecule has 0 nitrogen and oxygen atoms in total. The highest BCUT2D eigenvalue weighted by Gasteiger charge is 2.10. The highest BCUT2D eigenvalue weighted by Crippen LogP contribution is 2.34. The fraction of sp³-hybridized carbons (Fsp3) is 0.250. The molecule has 0 heterocycles. The third kappa shape index (κ3) is 2.26. The van der Waals surface area contributed by atoms with Gasteiger partial charge in [-0.3, -0.25) is 0 Å². The summed E-state index contributed by atoms with van der Waals surface area (Å²) in [7, 11) is -0.272. The first-order chi connectivity index (χ1) is 5.52. The van der Waals surface area contributed by atoms with E-state index >= 15 is 0 Å². The monoisotopic (exact) mass is 240 g/mol. The maximum Gasteiger partial charge on any atom is 0.0512 e. The zero-order valence-corrected chi connectivity index (χ0v) is 9.90. The SMILES string of the molecule is CP(C)c1c(Cl)cc(Cl)cc1Cl. The summed E-state index contributed by atoms with van der Waals surface area (Å²) in [6.07, 6.45) is 0. The normalized spacial score (nSPS) is 10.8. The minimum absolute atomic E-state index is 0.272. The Balaban J connectivity index is 3.28. The first kappa shape index (κ1) is 10.6. The highest BCUT2D eigenvalue weighted by molar-refractivity contribution is 7.64. The van der Waals surface area contributed by atoms with E-state index in [1.54, 1.807) is 12.1 Å². The van der Waals surface area contributed by atoms with Crippen LogP contribution in [0.15, 0.2) is 12.1 Å². The van der Waals surface area contributed by atoms with Gasteiger partial charge in [0.2, 0.25) is 0 Å². The minimum atomic E-state index is -0.272. The van der Waals surface area contributed by atoms with Gasteiger partial charge >= 0.3 is 0 Å². The van der Waals surface area contributed by atoms with E-state index in [0.29, 0.717) is 15.1 Å². The number of halogens is 3. The molecule has 0 aliphatic rings. The van der Waals surface area contributed by atoms with E-state index in [4.69, 9.17) is 34.8 Å². The van der Waals surface area contributed by atoms with Crippen LogP contribution in [0.4, 0.5) is 0 Å². The molecule has 12 heavy (non-hydrogen) atoms. The first-order valence-corrected chi connectivity index (χ1v) is 6.71. The van der Waals surface area contributed by atoms with Crippen LogP contribution < -0.4 is 5.30 Å². The van der Waals surface area contributed by atoms with E-state index in [9.17, 15) is 0 Å². The van der Waals surface area contributed by atoms with Crippen LogP contribution in [0.1, 0.15) is 0 Å². The van der Waals surface area contributed by atoms with Gasteiger partial charge in [0.25, 0.3) is 0 Å². The second-order valence-corrected chi connectivity index (χ2v) is 6.10. The fourth-order valence-corrected chi connectivity index (χ4v) is 3.78. The molecule has 0 fully saturated rings. The van der Waals surface area contributed by atoms with E-state index in [1.165, 1.54) is 0 Å². The Bertz CT molecular complexity index is 273. The fourth-order valence-electron chi connectivity index (χ4n) is 0.962. The van der Waals surface area contributed by atoms with Crippen LogP contribution >= 0.6 is 42.7 Å². The molecular weight excluding hydrogens is 233 g/mol. The molecule has 0 N–H and O–H groups in total. The van der Waals surface area contributed by atoms with Crippen molar-refractivity contribution in [3.8, 4) is 0 Å². The Labute approximate surface area is 88.6 Å². The molecule has 0 saturated heterocycles. The van der Waals surface area contributed by atoms with Crippen LogP contribution in [-0.2, 0) is 0 Å². The maximum absolute atomic E-state index is 5.98. The quantitative estimate of drug-likeness (QED) is 0.652. The second-order valence-electron chi connectivity index (χ2n) is 2.61. The lowest BCUT2D eigenvalue weighted by molar-refractivity contribution is 1.75. The molecule has 0 aliphatic heterocycles. The van der Waals surface area contributed by atoms with Crippen LogP contribution in [0.2, 0.25) is 15.1 Å². The Kier molecular flexibility index (Phi) is 3.67. The molecule has 0 saturated carbocycles. The molecule has 0 atom stereocenters. The molecule has 0 amide bonds. The standard InChI is InChI=1S/C8H8Cl3P/c1-12(2)8-6(10)3-5(9)4-7(8)11/h3-4H,1-2H3. The van der Waals surface area contributed by atoms with Crippen molar-refractivity contribution >= 4 is 48.0 Å². The van der Waals surface area contributed by atoms with Crippen LogP contribution in [-0.4, -0.2) is 13.3 Å². The van der Waals surface area contributed by atoms with E-state index in [2.05, 4.69) is 13.3 Å². The van der Waals surface area contributed by atoms with E-state index in [1.807, 2.05) is 0 Å². The molecule has 0 aliphatic carbocycles. The molecule has 0 spiro atoms. The summed E-state index contributed by atoms with van der Waals surface area (Å²) in [4.78, 5) is 0. The number of benzene rings is 1. The smallest absolute Gasteiger partial charge is 0.0512 e. The average molecular weight is 241 g/mol. The summed E-state index contributed by atoms with van der Waals surface area (Å²) in [6, 6.07) is 3.46. The summed E-state index contributed by atoms with van der Waals surface area (Å²) in [5.41, 5.74) is 0. The van der Waals surface area contributed by atoms with Gasteiger partial charge in [0.1, 0.15) is 0 Å². The van der Waals surface area contributed by atoms with Gasteiger partial charge in [-0.2, -0.15) is 0 Å². The van der Waals surface area contributed by atoms with Crippen molar-refractivity contribution in [3.05, 3.63) is 27.2 Å². The molecule has 0 bridgehead atoms. The van der Waals surface area contributed by atoms with Crippen molar-refractivity contribution in [1.82, 2.24) is 0 Å². The lowest BCUT2D eigenvalue weighted by atomic mass is 10.4. The number of hydrogen-bond donors (Lipinski definition) is 0. The maximum atomic E-state index is 5.98. The van der Waals surface area contributed by atoms with Gasteiger partial charge < -0.3 is 0 Å². The van der Waals surface area contributed by atoms with E-state index in [0.717, 1.165) is 5.30 Å². The topological polar surface area (TPSA) is 0 Å². The molecule has 0 unspecified atom stereocenters. The molecule has 0 aromatic heterocycles. The first-order valence-electron chi connectivity index (χ1n) is 3.34. The minimum Gasteiger partial charge on any atom is -0.0842 e. The molecule has 0 radical (unpaired) electrons. The lowest BCUT2D eigenvalue weighted by Crippen LogP contribution is -2.02. The van der Waals surface area contributed by atoms with Gasteiger partial charge in [-0.1, -0.05) is 42.7 Å². The van der Waals surface area contributed by atoms with Crippen LogP contribution in [0.25, 0.3) is 0 Å². The summed E-state index contributed by atoms with van der Waals surface area (Å²) in [6.45, 7) is 4.21. The Morgan fingerprint density at radius 3 is 1.75 bits per heavy atom. The van der Waals surface area contributed by atoms with Crippen LogP contribution in [0.5, 0.6) is 0 Å². The van der Waals surface area contributed by atoms with Gasteiger partial charge in [-0.05, 0) is 25.5 Å². The third-order valence-corrected chi connectivity index (χ3v) is 3.88. The van der Waals surface area contributed by atoms with Crippen molar-refractivity contribution in [2.75, 3.05) is 13.3 Å². The lowest BCUT2D eigenvalue weighted by Gasteiger charge is -2.10. The van der Waals surface area contributed by atoms with Crippen molar-refractivity contribution < 1.29 is 0 Å². The molecule has 66 valence electrons. The van der Waals surface area contributed by atoms with Gasteiger partial charge in [0, 0.05) is 10.3 Å². The summed E-state index contributed by atoms with van der Waals surface area (Å²) in [5, 5.41) is 2.95. The predicted octanol–water partition coefficient (Wildman–Crippen LogP) is 4.01. The van der Waals surface area contributed by atoms with Gasteiger partial charge in [-0.25, -0.2) is 0 Å². The van der Waals surface area contributed by atoms with Crippen molar-refractivity contribution in [3.63, 3.8) is 0 Å². The Hall–Kier alpha value is 0.520. The molecule has 1 rings (SSSR count). The van der Waals surface area contributed by atoms with Gasteiger partial charge in [0.05, 0.1) is 10.0 Å². The van der Waals surface area contributed by atoms with E-state index in [-0.39, 0.29) is 7.92 Å². The highest BCUT2D eigenvalue weighted by atomic mass is 35.5. The van der Waals surface area contributed by atoms with E-state index < -0.39 is 0 Å². The Morgan fingerprint density at radius 1 is 1.00 bits per heavy atom. The largest absolute Gasteiger partial charge is 0.0842 e. The van der Waals surface area contributed by atoms with Gasteiger partial charge in [0.15, 0.2) is 0 Å². The zero-order valence-electron chi connectivity index (χ0n) is 6.74. The zero-order chi connectivity index (χ0) is 9.30. The van der Waals surface area contributed by atoms with Crippen LogP contribution in [0.3, 0.4) is 0 Å². The predicted molar refractivity (Wildman–Crippen MR) is 59.9 cm³/mol. The molecule has 4 heteroatoms. The number of hydrogen-bond acceptors (Lipinski definition) is 0. The second kappa shape index (κ2) is 4.15. The van der Waals surface area contributed by atoms with Gasteiger partial charge in [-0.15, -0.1) is 0 Å². The average Bonchev–Trinajstić information content (AvgIpc) is 1.82. The summed E-state index contributed by atoms with van der Waals surface area (Å²) >= 11 is 17.7. The summed E-state index contributed by atoms with van der Waals surface area (Å²) in [5.74, 6) is 0. The van der Waals surface area contributed by atoms with Crippen LogP contribution in [0, 0.1) is 0 Å². The molecule has 1 aromatic carbocycles. The van der Waals surface area contributed by atoms with Crippen molar-refractivity contribution in [1.29, 1.82) is 0 Å². The van der Waals surface area contributed by atoms with Crippen molar-refractivity contribution in [2.24, 2.45) is 0 Å². The molecule has 1 aromatic rings. The molecular formula is C8H8Cl3P. The number of rotatable bonds is 1. The Morgan fingerprint density at radius 2 is 1.42 bits per heavy atom. The van der Waals surface area contributed by atoms with Crippen molar-refractivity contribution in [2.45, 2.75) is 0 Å².